The van der Waals surface area contributed by atoms with Crippen LogP contribution in [0.25, 0.3) is 0 Å². The zero-order valence-electron chi connectivity index (χ0n) is 10.6. The maximum absolute atomic E-state index is 12.5. The Balaban J connectivity index is 2.11. The molecule has 0 saturated carbocycles. The number of alkyl halides is 3. The number of benzene rings is 1. The predicted molar refractivity (Wildman–Crippen MR) is 72.8 cm³/mol. The lowest BCUT2D eigenvalue weighted by molar-refractivity contribution is -0.137. The molecule has 0 spiro atoms. The molecule has 1 N–H and O–H groups in total. The van der Waals surface area contributed by atoms with E-state index in [1.54, 1.807) is 0 Å². The zero-order valence-corrected chi connectivity index (χ0v) is 11.4. The summed E-state index contributed by atoms with van der Waals surface area (Å²) in [4.78, 5) is 4.29. The van der Waals surface area contributed by atoms with Crippen molar-refractivity contribution < 1.29 is 13.2 Å². The van der Waals surface area contributed by atoms with Gasteiger partial charge in [0.1, 0.15) is 0 Å². The van der Waals surface area contributed by atoms with Gasteiger partial charge in [-0.1, -0.05) is 17.7 Å². The molecule has 0 atom stereocenters. The second-order valence-corrected chi connectivity index (χ2v) is 4.72. The molecule has 0 aliphatic heterocycles. The second-order valence-electron chi connectivity index (χ2n) is 4.32. The largest absolute Gasteiger partial charge is 0.416 e. The topological polar surface area (TPSA) is 24.9 Å². The summed E-state index contributed by atoms with van der Waals surface area (Å²) in [5.41, 5.74) is 1.36. The Morgan fingerprint density at radius 1 is 1.20 bits per heavy atom. The first-order chi connectivity index (χ1) is 9.36. The van der Waals surface area contributed by atoms with Crippen molar-refractivity contribution in [3.8, 4) is 0 Å². The van der Waals surface area contributed by atoms with Crippen molar-refractivity contribution in [1.29, 1.82) is 0 Å². The monoisotopic (exact) mass is 300 g/mol. The summed E-state index contributed by atoms with van der Waals surface area (Å²) >= 11 is 5.85. The van der Waals surface area contributed by atoms with E-state index in [2.05, 4.69) is 10.3 Å². The van der Waals surface area contributed by atoms with Crippen LogP contribution < -0.4 is 5.32 Å². The van der Waals surface area contributed by atoms with E-state index >= 15 is 0 Å². The number of aryl methyl sites for hydroxylation is 1. The molecule has 2 rings (SSSR count). The van der Waals surface area contributed by atoms with Crippen LogP contribution in [0.3, 0.4) is 0 Å². The summed E-state index contributed by atoms with van der Waals surface area (Å²) in [6.45, 7) is 2.27. The fourth-order valence-corrected chi connectivity index (χ4v) is 1.97. The van der Waals surface area contributed by atoms with E-state index in [1.165, 1.54) is 6.07 Å². The van der Waals surface area contributed by atoms with E-state index in [1.807, 2.05) is 25.1 Å². The van der Waals surface area contributed by atoms with E-state index in [9.17, 15) is 13.2 Å². The molecule has 6 heteroatoms. The van der Waals surface area contributed by atoms with Gasteiger partial charge in [0.05, 0.1) is 28.5 Å². The molecule has 0 fully saturated rings. The third-order valence-corrected chi connectivity index (χ3v) is 3.02. The van der Waals surface area contributed by atoms with Crippen molar-refractivity contribution in [3.63, 3.8) is 0 Å². The summed E-state index contributed by atoms with van der Waals surface area (Å²) in [5, 5.41) is 3.01. The number of nitrogens with zero attached hydrogens (tertiary/aromatic N) is 1. The Bertz CT molecular complexity index is 612. The number of aromatic nitrogens is 1. The molecule has 0 saturated heterocycles. The van der Waals surface area contributed by atoms with Crippen LogP contribution >= 0.6 is 11.6 Å². The van der Waals surface area contributed by atoms with Crippen molar-refractivity contribution in [2.45, 2.75) is 19.6 Å². The Morgan fingerprint density at radius 3 is 2.55 bits per heavy atom. The molecule has 0 unspecified atom stereocenters. The van der Waals surface area contributed by atoms with Crippen molar-refractivity contribution >= 4 is 17.3 Å². The molecule has 20 heavy (non-hydrogen) atoms. The van der Waals surface area contributed by atoms with Gasteiger partial charge < -0.3 is 5.32 Å². The highest BCUT2D eigenvalue weighted by Crippen LogP contribution is 2.33. The highest BCUT2D eigenvalue weighted by molar-refractivity contribution is 6.33. The van der Waals surface area contributed by atoms with Gasteiger partial charge in [0.2, 0.25) is 0 Å². The van der Waals surface area contributed by atoms with E-state index in [0.29, 0.717) is 12.2 Å². The number of hydrogen-bond donors (Lipinski definition) is 1. The van der Waals surface area contributed by atoms with Crippen LogP contribution in [-0.4, -0.2) is 4.98 Å². The van der Waals surface area contributed by atoms with Crippen molar-refractivity contribution in [1.82, 2.24) is 4.98 Å². The van der Waals surface area contributed by atoms with Crippen LogP contribution in [0.5, 0.6) is 0 Å². The molecule has 1 aromatic carbocycles. The van der Waals surface area contributed by atoms with E-state index in [0.717, 1.165) is 23.5 Å². The molecule has 2 aromatic rings. The maximum atomic E-state index is 12.5. The van der Waals surface area contributed by atoms with Crippen molar-refractivity contribution in [3.05, 3.63) is 58.4 Å². The van der Waals surface area contributed by atoms with Crippen molar-refractivity contribution in [2.75, 3.05) is 5.32 Å². The summed E-state index contributed by atoms with van der Waals surface area (Å²) < 4.78 is 37.5. The summed E-state index contributed by atoms with van der Waals surface area (Å²) in [6.07, 6.45) is -4.39. The first kappa shape index (κ1) is 14.7. The van der Waals surface area contributed by atoms with Gasteiger partial charge in [-0.25, -0.2) is 0 Å². The average molecular weight is 301 g/mol. The Morgan fingerprint density at radius 2 is 1.95 bits per heavy atom. The summed E-state index contributed by atoms with van der Waals surface area (Å²) in [6, 6.07) is 8.80. The Kier molecular flexibility index (Phi) is 4.18. The van der Waals surface area contributed by atoms with Gasteiger partial charge in [0.15, 0.2) is 0 Å². The van der Waals surface area contributed by atoms with E-state index in [4.69, 9.17) is 11.6 Å². The predicted octanol–water partition coefficient (Wildman–Crippen LogP) is 4.67. The molecule has 0 radical (unpaired) electrons. The molecule has 1 heterocycles. The minimum Gasteiger partial charge on any atom is -0.378 e. The zero-order chi connectivity index (χ0) is 14.8. The summed E-state index contributed by atoms with van der Waals surface area (Å²) in [5.74, 6) is 0. The minimum absolute atomic E-state index is 0.0347. The van der Waals surface area contributed by atoms with E-state index in [-0.39, 0.29) is 5.02 Å². The van der Waals surface area contributed by atoms with Gasteiger partial charge in [0, 0.05) is 5.69 Å². The summed E-state index contributed by atoms with van der Waals surface area (Å²) in [7, 11) is 0. The molecule has 0 bridgehead atoms. The number of pyridine rings is 1. The van der Waals surface area contributed by atoms with Crippen LogP contribution in [0, 0.1) is 6.92 Å². The Labute approximate surface area is 119 Å². The lowest BCUT2D eigenvalue weighted by Crippen LogP contribution is -2.06. The molecule has 106 valence electrons. The van der Waals surface area contributed by atoms with Gasteiger partial charge in [-0.2, -0.15) is 13.2 Å². The van der Waals surface area contributed by atoms with Gasteiger partial charge in [-0.3, -0.25) is 4.98 Å². The second kappa shape index (κ2) is 5.71. The van der Waals surface area contributed by atoms with Gasteiger partial charge in [-0.15, -0.1) is 0 Å². The van der Waals surface area contributed by atoms with Crippen LogP contribution in [-0.2, 0) is 12.7 Å². The fourth-order valence-electron chi connectivity index (χ4n) is 1.72. The van der Waals surface area contributed by atoms with E-state index < -0.39 is 11.7 Å². The SMILES string of the molecule is Cc1cccc(CNc2ccc(C(F)(F)F)cc2Cl)n1. The molecule has 0 aliphatic carbocycles. The number of halogens is 4. The molecule has 2 nitrogen and oxygen atoms in total. The normalized spacial score (nSPS) is 11.4. The third kappa shape index (κ3) is 3.63. The van der Waals surface area contributed by atoms with Gasteiger partial charge in [-0.05, 0) is 37.3 Å². The van der Waals surface area contributed by atoms with Gasteiger partial charge in [0.25, 0.3) is 0 Å². The smallest absolute Gasteiger partial charge is 0.378 e. The Hall–Kier alpha value is -1.75. The fraction of sp³-hybridized carbons (Fsp3) is 0.214. The first-order valence-electron chi connectivity index (χ1n) is 5.89. The van der Waals surface area contributed by atoms with Gasteiger partial charge >= 0.3 is 6.18 Å². The molecule has 0 aliphatic rings. The van der Waals surface area contributed by atoms with Crippen molar-refractivity contribution in [2.24, 2.45) is 0 Å². The number of anilines is 1. The lowest BCUT2D eigenvalue weighted by Gasteiger charge is -2.11. The first-order valence-corrected chi connectivity index (χ1v) is 6.27. The lowest BCUT2D eigenvalue weighted by atomic mass is 10.2. The third-order valence-electron chi connectivity index (χ3n) is 2.70. The molecular formula is C14H12ClF3N2. The highest BCUT2D eigenvalue weighted by atomic mass is 35.5. The highest BCUT2D eigenvalue weighted by Gasteiger charge is 2.30. The van der Waals surface area contributed by atoms with Crippen LogP contribution in [0.1, 0.15) is 17.0 Å². The molecule has 1 aromatic heterocycles. The quantitative estimate of drug-likeness (QED) is 0.890. The maximum Gasteiger partial charge on any atom is 0.416 e. The van der Waals surface area contributed by atoms with Crippen LogP contribution in [0.15, 0.2) is 36.4 Å². The van der Waals surface area contributed by atoms with Crippen LogP contribution in [0.4, 0.5) is 18.9 Å². The minimum atomic E-state index is -4.39. The number of nitrogens with one attached hydrogen (secondary N) is 1. The average Bonchev–Trinajstić information content (AvgIpc) is 2.36. The van der Waals surface area contributed by atoms with Crippen LogP contribution in [0.2, 0.25) is 5.02 Å². The molecule has 0 amide bonds. The number of hydrogen-bond acceptors (Lipinski definition) is 2. The number of rotatable bonds is 3. The standard InChI is InChI=1S/C14H12ClF3N2/c1-9-3-2-4-11(20-9)8-19-13-6-5-10(7-12(13)15)14(16,17)18/h2-7,19H,8H2,1H3. The molecular weight excluding hydrogens is 289 g/mol.